The fourth-order valence-electron chi connectivity index (χ4n) is 1.44. The summed E-state index contributed by atoms with van der Waals surface area (Å²) in [7, 11) is 2.73. The van der Waals surface area contributed by atoms with E-state index in [1.54, 1.807) is 0 Å². The molecule has 0 aliphatic carbocycles. The van der Waals surface area contributed by atoms with Gasteiger partial charge in [0, 0.05) is 24.7 Å². The molecule has 1 amide bonds. The van der Waals surface area contributed by atoms with Crippen LogP contribution in [-0.2, 0) is 7.86 Å². The number of nitrogens with zero attached hydrogens (tertiary/aromatic N) is 1. The van der Waals surface area contributed by atoms with Gasteiger partial charge in [0.2, 0.25) is 5.91 Å². The van der Waals surface area contributed by atoms with Gasteiger partial charge in [-0.1, -0.05) is 13.8 Å². The summed E-state index contributed by atoms with van der Waals surface area (Å²) in [6.45, 7) is 5.39. The average Bonchev–Trinajstić information content (AvgIpc) is 2.45. The number of hydrogen-bond acceptors (Lipinski definition) is 2. The molecule has 1 fully saturated rings. The highest BCUT2D eigenvalue weighted by molar-refractivity contribution is 14.1. The molecule has 0 N–H and O–H groups in total. The number of likely N-dealkylation sites (tertiary alicyclic amines) is 1. The van der Waals surface area contributed by atoms with Gasteiger partial charge >= 0.3 is 0 Å². The molecule has 76 valence electrons. The van der Waals surface area contributed by atoms with E-state index in [1.165, 1.54) is 0 Å². The van der Waals surface area contributed by atoms with Crippen LogP contribution in [0.4, 0.5) is 0 Å². The van der Waals surface area contributed by atoms with E-state index in [0.29, 0.717) is 5.66 Å². The van der Waals surface area contributed by atoms with E-state index in [4.69, 9.17) is 3.07 Å². The van der Waals surface area contributed by atoms with E-state index in [0.717, 1.165) is 13.1 Å². The van der Waals surface area contributed by atoms with Crippen molar-refractivity contribution in [2.45, 2.75) is 25.6 Å². The molecule has 1 saturated heterocycles. The predicted molar refractivity (Wildman–Crippen MR) is 63.8 cm³/mol. The molecule has 3 atom stereocenters. The van der Waals surface area contributed by atoms with E-state index >= 15 is 0 Å². The number of amides is 1. The molecule has 0 aromatic carbocycles. The quantitative estimate of drug-likeness (QED) is 0.570. The average molecular weight is 315 g/mol. The Morgan fingerprint density at radius 2 is 2.23 bits per heavy atom. The van der Waals surface area contributed by atoms with Crippen molar-refractivity contribution in [2.75, 3.05) is 13.1 Å². The highest BCUT2D eigenvalue weighted by atomic mass is 127. The van der Waals surface area contributed by atoms with Gasteiger partial charge in [-0.05, 0) is 0 Å². The number of carbonyl (C=O) groups is 1. The maximum atomic E-state index is 11.6. The first-order valence-corrected chi connectivity index (χ1v) is 5.92. The molecule has 2 unspecified atom stereocenters. The van der Waals surface area contributed by atoms with E-state index in [9.17, 15) is 4.79 Å². The smallest absolute Gasteiger partial charge is 0.225 e. The Labute approximate surface area is 95.5 Å². The van der Waals surface area contributed by atoms with Crippen molar-refractivity contribution in [2.24, 2.45) is 5.92 Å². The summed E-state index contributed by atoms with van der Waals surface area (Å²) in [5.74, 6) is 0.313. The minimum absolute atomic E-state index is 0.0881. The summed E-state index contributed by atoms with van der Waals surface area (Å²) < 4.78 is 5.24. The first-order chi connectivity index (χ1) is 6.06. The van der Waals surface area contributed by atoms with E-state index in [1.807, 2.05) is 41.8 Å². The summed E-state index contributed by atoms with van der Waals surface area (Å²) in [6, 6.07) is 0. The maximum Gasteiger partial charge on any atom is 0.225 e. The van der Waals surface area contributed by atoms with Crippen molar-refractivity contribution >= 4 is 38.2 Å². The molecule has 1 aliphatic heterocycles. The standard InChI is InChI=1S/C8H15INO2P/c1-5(2)8(11)10-3-6(12-9)7(13)4-10/h5-7H,3-4,13H2,1-2H3/t6-,7?/m0/s1. The van der Waals surface area contributed by atoms with Gasteiger partial charge in [-0.2, -0.15) is 0 Å². The highest BCUT2D eigenvalue weighted by Crippen LogP contribution is 2.23. The van der Waals surface area contributed by atoms with Crippen molar-refractivity contribution in [1.29, 1.82) is 0 Å². The SMILES string of the molecule is CC(C)C(=O)N1CC(P)[C@@H](OI)C1. The van der Waals surface area contributed by atoms with Gasteiger partial charge in [-0.3, -0.25) is 4.79 Å². The van der Waals surface area contributed by atoms with Crippen LogP contribution in [0.25, 0.3) is 0 Å². The topological polar surface area (TPSA) is 29.5 Å². The first kappa shape index (κ1) is 11.7. The normalized spacial score (nSPS) is 28.5. The molecule has 5 heteroatoms. The summed E-state index contributed by atoms with van der Waals surface area (Å²) in [4.78, 5) is 13.5. The third kappa shape index (κ3) is 2.77. The number of hydrogen-bond donors (Lipinski definition) is 0. The number of carbonyl (C=O) groups excluding carboxylic acids is 1. The summed E-state index contributed by atoms with van der Waals surface area (Å²) >= 11 is 1.90. The van der Waals surface area contributed by atoms with Gasteiger partial charge in [-0.15, -0.1) is 9.24 Å². The van der Waals surface area contributed by atoms with E-state index in [-0.39, 0.29) is 17.9 Å². The third-order valence-corrected chi connectivity index (χ3v) is 3.52. The van der Waals surface area contributed by atoms with Crippen molar-refractivity contribution < 1.29 is 7.86 Å². The summed E-state index contributed by atoms with van der Waals surface area (Å²) in [5.41, 5.74) is 0.375. The van der Waals surface area contributed by atoms with Crippen molar-refractivity contribution in [1.82, 2.24) is 4.90 Å². The largest absolute Gasteiger partial charge is 0.339 e. The Morgan fingerprint density at radius 1 is 1.62 bits per heavy atom. The zero-order valence-electron chi connectivity index (χ0n) is 7.87. The van der Waals surface area contributed by atoms with Crippen LogP contribution in [0.1, 0.15) is 13.8 Å². The minimum atomic E-state index is 0.0881. The van der Waals surface area contributed by atoms with Crippen LogP contribution in [0.15, 0.2) is 0 Å². The van der Waals surface area contributed by atoms with E-state index in [2.05, 4.69) is 9.24 Å². The zero-order valence-corrected chi connectivity index (χ0v) is 11.2. The van der Waals surface area contributed by atoms with Gasteiger partial charge in [0.15, 0.2) is 0 Å². The van der Waals surface area contributed by atoms with Crippen molar-refractivity contribution in [3.63, 3.8) is 0 Å². The van der Waals surface area contributed by atoms with Gasteiger partial charge < -0.3 is 7.97 Å². The molecule has 0 aromatic heterocycles. The zero-order chi connectivity index (χ0) is 10.0. The summed E-state index contributed by atoms with van der Waals surface area (Å²) in [6.07, 6.45) is 0.174. The Bertz CT molecular complexity index is 201. The maximum absolute atomic E-state index is 11.6. The summed E-state index contributed by atoms with van der Waals surface area (Å²) in [5, 5.41) is 0. The van der Waals surface area contributed by atoms with Crippen molar-refractivity contribution in [3.05, 3.63) is 0 Å². The molecule has 0 saturated carbocycles. The molecule has 0 bridgehead atoms. The highest BCUT2D eigenvalue weighted by Gasteiger charge is 2.33. The Kier molecular flexibility index (Phi) is 4.39. The van der Waals surface area contributed by atoms with Crippen LogP contribution < -0.4 is 0 Å². The fourth-order valence-corrected chi connectivity index (χ4v) is 2.75. The molecule has 1 heterocycles. The Hall–Kier alpha value is 0.590. The predicted octanol–water partition coefficient (Wildman–Crippen LogP) is 1.46. The van der Waals surface area contributed by atoms with Crippen LogP contribution in [-0.4, -0.2) is 35.7 Å². The minimum Gasteiger partial charge on any atom is -0.339 e. The second kappa shape index (κ2) is 4.89. The molecular formula is C8H15INO2P. The molecule has 0 radical (unpaired) electrons. The lowest BCUT2D eigenvalue weighted by molar-refractivity contribution is -0.133. The van der Waals surface area contributed by atoms with Crippen molar-refractivity contribution in [3.8, 4) is 0 Å². The molecule has 0 aromatic rings. The van der Waals surface area contributed by atoms with E-state index < -0.39 is 0 Å². The lowest BCUT2D eigenvalue weighted by Crippen LogP contribution is -2.33. The number of halogens is 1. The lowest BCUT2D eigenvalue weighted by atomic mass is 10.2. The molecular weight excluding hydrogens is 300 g/mol. The monoisotopic (exact) mass is 315 g/mol. The third-order valence-electron chi connectivity index (χ3n) is 2.23. The van der Waals surface area contributed by atoms with Crippen LogP contribution in [0.3, 0.4) is 0 Å². The second-order valence-electron chi connectivity index (χ2n) is 3.69. The van der Waals surface area contributed by atoms with Gasteiger partial charge in [0.05, 0.1) is 6.10 Å². The molecule has 1 aliphatic rings. The van der Waals surface area contributed by atoms with Crippen LogP contribution in [0.2, 0.25) is 0 Å². The first-order valence-electron chi connectivity index (χ1n) is 4.38. The molecule has 13 heavy (non-hydrogen) atoms. The van der Waals surface area contributed by atoms with Gasteiger partial charge in [0.1, 0.15) is 23.0 Å². The van der Waals surface area contributed by atoms with Crippen LogP contribution in [0.5, 0.6) is 0 Å². The second-order valence-corrected chi connectivity index (χ2v) is 5.05. The Balaban J connectivity index is 2.53. The molecule has 3 nitrogen and oxygen atoms in total. The fraction of sp³-hybridized carbons (Fsp3) is 0.875. The van der Waals surface area contributed by atoms with Gasteiger partial charge in [0.25, 0.3) is 0 Å². The number of rotatable bonds is 2. The lowest BCUT2D eigenvalue weighted by Gasteiger charge is -2.17. The molecule has 0 spiro atoms. The Morgan fingerprint density at radius 3 is 2.62 bits per heavy atom. The van der Waals surface area contributed by atoms with Crippen LogP contribution in [0, 0.1) is 5.92 Å². The molecule has 1 rings (SSSR count). The van der Waals surface area contributed by atoms with Crippen LogP contribution >= 0.6 is 32.2 Å². The van der Waals surface area contributed by atoms with Gasteiger partial charge in [-0.25, -0.2) is 0 Å².